The topological polar surface area (TPSA) is 39.1 Å². The fraction of sp³-hybridized carbons (Fsp3) is 0.200. The van der Waals surface area contributed by atoms with Crippen molar-refractivity contribution in [3.05, 3.63) is 64.1 Å². The van der Waals surface area contributed by atoms with E-state index >= 15 is 0 Å². The number of thioether (sulfide) groups is 1. The normalized spacial score (nSPS) is 10.4. The Labute approximate surface area is 116 Å². The van der Waals surface area contributed by atoms with Crippen LogP contribution < -0.4 is 5.56 Å². The van der Waals surface area contributed by atoms with Gasteiger partial charge in [-0.2, -0.15) is 0 Å². The van der Waals surface area contributed by atoms with Gasteiger partial charge in [-0.3, -0.25) is 9.59 Å². The molecular weight excluding hydrogens is 258 g/mol. The number of nitrogens with zero attached hydrogens (tertiary/aromatic N) is 1. The van der Waals surface area contributed by atoms with Crippen LogP contribution in [0.25, 0.3) is 0 Å². The van der Waals surface area contributed by atoms with Crippen molar-refractivity contribution in [2.45, 2.75) is 18.4 Å². The van der Waals surface area contributed by atoms with E-state index in [1.165, 1.54) is 10.6 Å². The summed E-state index contributed by atoms with van der Waals surface area (Å²) in [5.74, 6) is -0.0568. The predicted octanol–water partition coefficient (Wildman–Crippen LogP) is 2.76. The Hall–Kier alpha value is -1.81. The Morgan fingerprint density at radius 1 is 1.21 bits per heavy atom. The summed E-state index contributed by atoms with van der Waals surface area (Å²) in [6.07, 6.45) is 3.65. The Kier molecular flexibility index (Phi) is 4.22. The van der Waals surface area contributed by atoms with Gasteiger partial charge in [0.15, 0.2) is 5.78 Å². The highest BCUT2D eigenvalue weighted by molar-refractivity contribution is 7.98. The molecule has 4 heteroatoms. The minimum absolute atomic E-state index is 0.0568. The molecule has 2 aromatic rings. The quantitative estimate of drug-likeness (QED) is 0.635. The Balaban J connectivity index is 2.18. The summed E-state index contributed by atoms with van der Waals surface area (Å²) in [7, 11) is 0. The number of hydrogen-bond acceptors (Lipinski definition) is 3. The summed E-state index contributed by atoms with van der Waals surface area (Å²) in [4.78, 5) is 24.9. The summed E-state index contributed by atoms with van der Waals surface area (Å²) in [6, 6.07) is 10.8. The van der Waals surface area contributed by atoms with E-state index in [2.05, 4.69) is 0 Å². The second-order valence-corrected chi connectivity index (χ2v) is 5.20. The van der Waals surface area contributed by atoms with E-state index in [-0.39, 0.29) is 17.9 Å². The van der Waals surface area contributed by atoms with Crippen molar-refractivity contribution in [2.24, 2.45) is 0 Å². The lowest BCUT2D eigenvalue weighted by molar-refractivity contribution is 0.0970. The maximum absolute atomic E-state index is 12.1. The van der Waals surface area contributed by atoms with Crippen LogP contribution in [0.5, 0.6) is 0 Å². The molecule has 98 valence electrons. The van der Waals surface area contributed by atoms with Gasteiger partial charge in [-0.05, 0) is 36.9 Å². The number of ketones is 1. The van der Waals surface area contributed by atoms with Crippen LogP contribution in [0.3, 0.4) is 0 Å². The first-order valence-corrected chi connectivity index (χ1v) is 7.17. The van der Waals surface area contributed by atoms with E-state index in [9.17, 15) is 9.59 Å². The predicted molar refractivity (Wildman–Crippen MR) is 78.0 cm³/mol. The van der Waals surface area contributed by atoms with E-state index in [0.29, 0.717) is 5.56 Å². The number of aryl methyl sites for hydroxylation is 1. The largest absolute Gasteiger partial charge is 0.308 e. The molecular formula is C15H15NO2S. The molecule has 1 heterocycles. The molecule has 0 aliphatic heterocycles. The number of pyridine rings is 1. The highest BCUT2D eigenvalue weighted by atomic mass is 32.2. The zero-order valence-electron chi connectivity index (χ0n) is 10.9. The van der Waals surface area contributed by atoms with Gasteiger partial charge in [0.2, 0.25) is 0 Å². The molecule has 0 atom stereocenters. The smallest absolute Gasteiger partial charge is 0.251 e. The van der Waals surface area contributed by atoms with Crippen LogP contribution >= 0.6 is 11.8 Å². The van der Waals surface area contributed by atoms with Crippen molar-refractivity contribution >= 4 is 17.5 Å². The van der Waals surface area contributed by atoms with Gasteiger partial charge in [-0.1, -0.05) is 12.1 Å². The number of hydrogen-bond donors (Lipinski definition) is 0. The highest BCUT2D eigenvalue weighted by Gasteiger charge is 2.07. The van der Waals surface area contributed by atoms with E-state index < -0.39 is 0 Å². The molecule has 1 aromatic carbocycles. The molecule has 0 unspecified atom stereocenters. The molecule has 0 aliphatic rings. The molecule has 3 nitrogen and oxygen atoms in total. The van der Waals surface area contributed by atoms with E-state index in [4.69, 9.17) is 0 Å². The Bertz CT molecular complexity index is 644. The number of carbonyl (C=O) groups excluding carboxylic acids is 1. The first kappa shape index (κ1) is 13.6. The van der Waals surface area contributed by atoms with Crippen molar-refractivity contribution in [3.63, 3.8) is 0 Å². The molecule has 0 amide bonds. The third-order valence-corrected chi connectivity index (χ3v) is 3.62. The van der Waals surface area contributed by atoms with Crippen molar-refractivity contribution in [1.29, 1.82) is 0 Å². The van der Waals surface area contributed by atoms with Crippen LogP contribution in [0.4, 0.5) is 0 Å². The van der Waals surface area contributed by atoms with Crippen LogP contribution in [0.1, 0.15) is 15.9 Å². The molecule has 0 bridgehead atoms. The van der Waals surface area contributed by atoms with Crippen molar-refractivity contribution in [1.82, 2.24) is 4.57 Å². The third-order valence-electron chi connectivity index (χ3n) is 2.88. The second-order valence-electron chi connectivity index (χ2n) is 4.32. The summed E-state index contributed by atoms with van der Waals surface area (Å²) < 4.78 is 1.43. The minimum atomic E-state index is -0.144. The standard InChI is InChI=1S/C15H15NO2S/c1-11-7-8-16(15(18)9-11)10-14(17)12-3-5-13(19-2)6-4-12/h3-9H,10H2,1-2H3. The second kappa shape index (κ2) is 5.89. The molecule has 2 rings (SSSR count). The number of benzene rings is 1. The number of aromatic nitrogens is 1. The number of rotatable bonds is 4. The summed E-state index contributed by atoms with van der Waals surface area (Å²) in [5.41, 5.74) is 1.39. The lowest BCUT2D eigenvalue weighted by Crippen LogP contribution is -2.23. The molecule has 1 aromatic heterocycles. The van der Waals surface area contributed by atoms with Crippen molar-refractivity contribution in [3.8, 4) is 0 Å². The van der Waals surface area contributed by atoms with Gasteiger partial charge >= 0.3 is 0 Å². The lowest BCUT2D eigenvalue weighted by atomic mass is 10.1. The van der Waals surface area contributed by atoms with Crippen LogP contribution in [0.2, 0.25) is 0 Å². The fourth-order valence-corrected chi connectivity index (χ4v) is 2.17. The summed E-state index contributed by atoms with van der Waals surface area (Å²) in [6.45, 7) is 1.94. The maximum Gasteiger partial charge on any atom is 0.251 e. The molecule has 0 spiro atoms. The summed E-state index contributed by atoms with van der Waals surface area (Å²) >= 11 is 1.63. The van der Waals surface area contributed by atoms with Gasteiger partial charge in [0.05, 0.1) is 6.54 Å². The van der Waals surface area contributed by atoms with Gasteiger partial charge in [0.25, 0.3) is 5.56 Å². The van der Waals surface area contributed by atoms with Gasteiger partial charge in [0, 0.05) is 22.7 Å². The summed E-state index contributed by atoms with van der Waals surface area (Å²) in [5, 5.41) is 0. The van der Waals surface area contributed by atoms with Crippen LogP contribution in [-0.2, 0) is 6.54 Å². The molecule has 19 heavy (non-hydrogen) atoms. The fourth-order valence-electron chi connectivity index (χ4n) is 1.76. The molecule has 0 N–H and O–H groups in total. The van der Waals surface area contributed by atoms with E-state index in [0.717, 1.165) is 10.5 Å². The lowest BCUT2D eigenvalue weighted by Gasteiger charge is -2.06. The molecule has 0 radical (unpaired) electrons. The van der Waals surface area contributed by atoms with Crippen LogP contribution in [0, 0.1) is 6.92 Å². The van der Waals surface area contributed by atoms with E-state index in [1.807, 2.05) is 31.4 Å². The molecule has 0 saturated heterocycles. The van der Waals surface area contributed by atoms with Crippen LogP contribution in [0.15, 0.2) is 52.3 Å². The highest BCUT2D eigenvalue weighted by Crippen LogP contribution is 2.15. The van der Waals surface area contributed by atoms with E-state index in [1.54, 1.807) is 30.1 Å². The number of Topliss-reactive ketones (excluding diaryl/α,β-unsaturated/α-hetero) is 1. The van der Waals surface area contributed by atoms with Crippen molar-refractivity contribution < 1.29 is 4.79 Å². The Morgan fingerprint density at radius 3 is 2.47 bits per heavy atom. The molecule has 0 fully saturated rings. The average Bonchev–Trinajstić information content (AvgIpc) is 2.42. The Morgan fingerprint density at radius 2 is 1.89 bits per heavy atom. The minimum Gasteiger partial charge on any atom is -0.308 e. The third kappa shape index (κ3) is 3.35. The zero-order chi connectivity index (χ0) is 13.8. The average molecular weight is 273 g/mol. The van der Waals surface area contributed by atoms with Gasteiger partial charge in [0.1, 0.15) is 0 Å². The molecule has 0 aliphatic carbocycles. The van der Waals surface area contributed by atoms with Crippen LogP contribution in [-0.4, -0.2) is 16.6 Å². The van der Waals surface area contributed by atoms with Gasteiger partial charge < -0.3 is 4.57 Å². The first-order chi connectivity index (χ1) is 9.10. The maximum atomic E-state index is 12.1. The molecule has 0 saturated carbocycles. The first-order valence-electron chi connectivity index (χ1n) is 5.94. The number of carbonyl (C=O) groups is 1. The SMILES string of the molecule is CSc1ccc(C(=O)Cn2ccc(C)cc2=O)cc1. The van der Waals surface area contributed by atoms with Crippen molar-refractivity contribution in [2.75, 3.05) is 6.26 Å². The van der Waals surface area contributed by atoms with Gasteiger partial charge in [-0.15, -0.1) is 11.8 Å². The zero-order valence-corrected chi connectivity index (χ0v) is 11.7. The van der Waals surface area contributed by atoms with Gasteiger partial charge in [-0.25, -0.2) is 0 Å². The monoisotopic (exact) mass is 273 g/mol.